The van der Waals surface area contributed by atoms with Crippen molar-refractivity contribution in [1.29, 1.82) is 0 Å². The van der Waals surface area contributed by atoms with Crippen molar-refractivity contribution in [3.05, 3.63) is 65.3 Å². The van der Waals surface area contributed by atoms with Gasteiger partial charge in [0.05, 0.1) is 11.9 Å². The summed E-state index contributed by atoms with van der Waals surface area (Å²) in [4.78, 5) is 36.1. The number of anilines is 1. The summed E-state index contributed by atoms with van der Waals surface area (Å²) in [6.45, 7) is 4.63. The van der Waals surface area contributed by atoms with Gasteiger partial charge in [-0.25, -0.2) is 14.8 Å². The first kappa shape index (κ1) is 18.1. The molecule has 1 aliphatic rings. The Kier molecular flexibility index (Phi) is 4.79. The van der Waals surface area contributed by atoms with Gasteiger partial charge in [-0.15, -0.1) is 11.3 Å². The van der Waals surface area contributed by atoms with Gasteiger partial charge in [-0.1, -0.05) is 36.9 Å². The molecule has 0 aliphatic carbocycles. The molecule has 142 valence electrons. The maximum Gasteiger partial charge on any atom is 0.330 e. The molecule has 1 unspecified atom stereocenters. The molecule has 28 heavy (non-hydrogen) atoms. The van der Waals surface area contributed by atoms with E-state index in [1.807, 2.05) is 6.07 Å². The first-order valence-electron chi connectivity index (χ1n) is 8.79. The van der Waals surface area contributed by atoms with Crippen LogP contribution in [0, 0.1) is 0 Å². The summed E-state index contributed by atoms with van der Waals surface area (Å²) < 4.78 is 0. The van der Waals surface area contributed by atoms with Crippen molar-refractivity contribution in [3.8, 4) is 0 Å². The van der Waals surface area contributed by atoms with Crippen LogP contribution in [0.4, 0.5) is 5.82 Å². The van der Waals surface area contributed by atoms with Gasteiger partial charge in [-0.05, 0) is 23.6 Å². The summed E-state index contributed by atoms with van der Waals surface area (Å²) in [5, 5.41) is 13.6. The highest BCUT2D eigenvalue weighted by atomic mass is 32.1. The zero-order valence-electron chi connectivity index (χ0n) is 15.0. The number of nitrogens with zero attached hydrogens (tertiary/aromatic N) is 3. The predicted molar refractivity (Wildman–Crippen MR) is 107 cm³/mol. The molecule has 0 bridgehead atoms. The van der Waals surface area contributed by atoms with Crippen molar-refractivity contribution < 1.29 is 14.7 Å². The van der Waals surface area contributed by atoms with E-state index in [2.05, 4.69) is 21.9 Å². The smallest absolute Gasteiger partial charge is 0.330 e. The van der Waals surface area contributed by atoms with E-state index in [-0.39, 0.29) is 5.91 Å². The Bertz CT molecular complexity index is 1060. The number of hydrogen-bond acceptors (Lipinski definition) is 6. The van der Waals surface area contributed by atoms with E-state index in [1.165, 1.54) is 23.7 Å². The molecule has 1 aliphatic heterocycles. The van der Waals surface area contributed by atoms with E-state index < -0.39 is 12.0 Å². The highest BCUT2D eigenvalue weighted by molar-refractivity contribution is 7.19. The van der Waals surface area contributed by atoms with Gasteiger partial charge in [0.1, 0.15) is 17.0 Å². The van der Waals surface area contributed by atoms with Gasteiger partial charge < -0.3 is 15.3 Å². The lowest BCUT2D eigenvalue weighted by Gasteiger charge is -2.26. The maximum absolute atomic E-state index is 11.9. The number of rotatable bonds is 5. The van der Waals surface area contributed by atoms with Crippen molar-refractivity contribution in [2.45, 2.75) is 19.0 Å². The van der Waals surface area contributed by atoms with Gasteiger partial charge in [0.2, 0.25) is 5.91 Å². The Morgan fingerprint density at radius 2 is 2.07 bits per heavy atom. The molecule has 2 aromatic heterocycles. The summed E-state index contributed by atoms with van der Waals surface area (Å²) in [5.74, 6) is -0.574. The van der Waals surface area contributed by atoms with Crippen LogP contribution in [-0.4, -0.2) is 38.4 Å². The van der Waals surface area contributed by atoms with Crippen LogP contribution >= 0.6 is 11.3 Å². The topological polar surface area (TPSA) is 95.4 Å². The van der Waals surface area contributed by atoms with E-state index >= 15 is 0 Å². The number of hydrogen-bond donors (Lipinski definition) is 2. The third-order valence-corrected chi connectivity index (χ3v) is 5.91. The van der Waals surface area contributed by atoms with Gasteiger partial charge in [-0.2, -0.15) is 0 Å². The number of aliphatic carboxylic acids is 1. The minimum atomic E-state index is -0.982. The molecule has 8 heteroatoms. The fourth-order valence-corrected chi connectivity index (χ4v) is 4.63. The molecule has 7 nitrogen and oxygen atoms in total. The number of carboxylic acid groups (broad SMARTS) is 1. The number of carbonyl (C=O) groups excluding carboxylic acids is 1. The second-order valence-electron chi connectivity index (χ2n) is 6.45. The van der Waals surface area contributed by atoms with Crippen LogP contribution in [0.3, 0.4) is 0 Å². The van der Waals surface area contributed by atoms with E-state index in [4.69, 9.17) is 0 Å². The lowest BCUT2D eigenvalue weighted by molar-refractivity contribution is -0.138. The van der Waals surface area contributed by atoms with Crippen molar-refractivity contribution >= 4 is 39.2 Å². The van der Waals surface area contributed by atoms with E-state index in [0.29, 0.717) is 30.9 Å². The second-order valence-corrected chi connectivity index (χ2v) is 7.53. The van der Waals surface area contributed by atoms with Gasteiger partial charge in [-0.3, -0.25) is 4.79 Å². The minimum absolute atomic E-state index is 0.0949. The van der Waals surface area contributed by atoms with Crippen LogP contribution in [0.1, 0.15) is 22.0 Å². The number of thiophene rings is 1. The highest BCUT2D eigenvalue weighted by Gasteiger charge is 2.27. The minimum Gasteiger partial charge on any atom is -0.479 e. The first-order chi connectivity index (χ1) is 13.6. The lowest BCUT2D eigenvalue weighted by atomic mass is 10.0. The van der Waals surface area contributed by atoms with Gasteiger partial charge in [0, 0.05) is 11.4 Å². The van der Waals surface area contributed by atoms with Crippen LogP contribution in [0.25, 0.3) is 10.2 Å². The Labute approximate surface area is 165 Å². The predicted octanol–water partition coefficient (Wildman–Crippen LogP) is 3.00. The quantitative estimate of drug-likeness (QED) is 0.646. The fraction of sp³-hybridized carbons (Fsp3) is 0.200. The standard InChI is InChI=1S/C20H18N4O3S/c1-2-15(25)24-9-8-13-14(10-24)28-19-16(13)18(21-11-22-19)23-17(20(26)27)12-6-4-3-5-7-12/h2-7,11,17H,1,8-10H2,(H,26,27)(H,21,22,23). The number of benzene rings is 1. The number of amides is 1. The molecule has 0 saturated carbocycles. The maximum atomic E-state index is 11.9. The summed E-state index contributed by atoms with van der Waals surface area (Å²) in [5.41, 5.74) is 1.72. The number of fused-ring (bicyclic) bond motifs is 3. The average Bonchev–Trinajstić information content (AvgIpc) is 3.10. The molecule has 3 heterocycles. The second kappa shape index (κ2) is 7.40. The molecular weight excluding hydrogens is 376 g/mol. The Balaban J connectivity index is 1.73. The van der Waals surface area contributed by atoms with Gasteiger partial charge in [0.25, 0.3) is 0 Å². The third kappa shape index (κ3) is 3.22. The number of carbonyl (C=O) groups is 2. The molecule has 1 aromatic carbocycles. The number of nitrogens with one attached hydrogen (secondary N) is 1. The molecule has 0 saturated heterocycles. The van der Waals surface area contributed by atoms with Gasteiger partial charge in [0.15, 0.2) is 6.04 Å². The zero-order chi connectivity index (χ0) is 19.7. The Morgan fingerprint density at radius 3 is 2.79 bits per heavy atom. The SMILES string of the molecule is C=CC(=O)N1CCc2c(sc3ncnc(NC(C(=O)O)c4ccccc4)c23)C1. The Hall–Kier alpha value is -3.26. The van der Waals surface area contributed by atoms with Crippen molar-refractivity contribution in [3.63, 3.8) is 0 Å². The van der Waals surface area contributed by atoms with Crippen LogP contribution in [-0.2, 0) is 22.6 Å². The van der Waals surface area contributed by atoms with Crippen LogP contribution in [0.15, 0.2) is 49.3 Å². The summed E-state index contributed by atoms with van der Waals surface area (Å²) in [7, 11) is 0. The van der Waals surface area contributed by atoms with E-state index in [1.54, 1.807) is 29.2 Å². The average molecular weight is 394 g/mol. The zero-order valence-corrected chi connectivity index (χ0v) is 15.8. The summed E-state index contributed by atoms with van der Waals surface area (Å²) >= 11 is 1.51. The largest absolute Gasteiger partial charge is 0.479 e. The van der Waals surface area contributed by atoms with Crippen LogP contribution in [0.5, 0.6) is 0 Å². The summed E-state index contributed by atoms with van der Waals surface area (Å²) in [6.07, 6.45) is 3.42. The molecular formula is C20H18N4O3S. The summed E-state index contributed by atoms with van der Waals surface area (Å²) in [6, 6.07) is 8.08. The molecule has 0 spiro atoms. The lowest BCUT2D eigenvalue weighted by Crippen LogP contribution is -2.34. The van der Waals surface area contributed by atoms with Crippen molar-refractivity contribution in [1.82, 2.24) is 14.9 Å². The highest BCUT2D eigenvalue weighted by Crippen LogP contribution is 2.38. The number of carboxylic acids is 1. The molecule has 0 fully saturated rings. The third-order valence-electron chi connectivity index (χ3n) is 4.78. The normalized spacial score (nSPS) is 14.4. The number of aromatic nitrogens is 2. The van der Waals surface area contributed by atoms with Crippen molar-refractivity contribution in [2.24, 2.45) is 0 Å². The van der Waals surface area contributed by atoms with Crippen molar-refractivity contribution in [2.75, 3.05) is 11.9 Å². The Morgan fingerprint density at radius 1 is 1.29 bits per heavy atom. The molecule has 1 amide bonds. The molecule has 4 rings (SSSR count). The van der Waals surface area contributed by atoms with E-state index in [0.717, 1.165) is 20.7 Å². The van der Waals surface area contributed by atoms with Crippen LogP contribution < -0.4 is 5.32 Å². The van der Waals surface area contributed by atoms with E-state index in [9.17, 15) is 14.7 Å². The van der Waals surface area contributed by atoms with Gasteiger partial charge >= 0.3 is 5.97 Å². The monoisotopic (exact) mass is 394 g/mol. The molecule has 0 radical (unpaired) electrons. The van der Waals surface area contributed by atoms with Crippen LogP contribution in [0.2, 0.25) is 0 Å². The molecule has 2 N–H and O–H groups in total. The fourth-order valence-electron chi connectivity index (χ4n) is 3.42. The molecule has 3 aromatic rings. The molecule has 1 atom stereocenters. The first-order valence-corrected chi connectivity index (χ1v) is 9.61.